The number of hydrogen-bond donors (Lipinski definition) is 1. The lowest BCUT2D eigenvalue weighted by molar-refractivity contribution is 0.555. The number of hydrogen-bond acceptors (Lipinski definition) is 2. The maximum atomic E-state index is 8.90. The Labute approximate surface area is 82.9 Å². The summed E-state index contributed by atoms with van der Waals surface area (Å²) >= 11 is 5.72. The van der Waals surface area contributed by atoms with Crippen molar-refractivity contribution in [2.24, 2.45) is 5.73 Å². The van der Waals surface area contributed by atoms with E-state index < -0.39 is 5.54 Å². The highest BCUT2D eigenvalue weighted by atomic mass is 35.5. The topological polar surface area (TPSA) is 49.8 Å². The molecule has 1 aromatic carbocycles. The van der Waals surface area contributed by atoms with Crippen LogP contribution in [-0.2, 0) is 5.54 Å². The molecule has 1 atom stereocenters. The standard InChI is InChI=1S/C10H11ClN2/c1-2-10(13,7-12)8-3-5-9(11)6-4-8/h3-6H,2,13H2,1H3. The van der Waals surface area contributed by atoms with Crippen LogP contribution in [0.2, 0.25) is 5.02 Å². The molecule has 0 heterocycles. The number of nitrogens with two attached hydrogens (primary N) is 1. The van der Waals surface area contributed by atoms with Gasteiger partial charge in [-0.1, -0.05) is 30.7 Å². The zero-order valence-electron chi connectivity index (χ0n) is 7.42. The molecule has 0 aliphatic heterocycles. The van der Waals surface area contributed by atoms with Gasteiger partial charge in [0.25, 0.3) is 0 Å². The Balaban J connectivity index is 3.08. The molecular formula is C10H11ClN2. The Bertz CT molecular complexity index is 326. The van der Waals surface area contributed by atoms with Crippen molar-refractivity contribution < 1.29 is 0 Å². The third kappa shape index (κ3) is 2.00. The van der Waals surface area contributed by atoms with Crippen molar-refractivity contribution in [1.29, 1.82) is 5.26 Å². The summed E-state index contributed by atoms with van der Waals surface area (Å²) < 4.78 is 0. The third-order valence-corrected chi connectivity index (χ3v) is 2.37. The van der Waals surface area contributed by atoms with Crippen LogP contribution < -0.4 is 5.73 Å². The second-order valence-corrected chi connectivity index (χ2v) is 3.38. The zero-order chi connectivity index (χ0) is 9.90. The molecule has 0 aromatic heterocycles. The first-order valence-corrected chi connectivity index (χ1v) is 4.46. The average molecular weight is 195 g/mol. The van der Waals surface area contributed by atoms with Crippen LogP contribution in [0.1, 0.15) is 18.9 Å². The van der Waals surface area contributed by atoms with Crippen molar-refractivity contribution >= 4 is 11.6 Å². The fourth-order valence-electron chi connectivity index (χ4n) is 1.10. The molecule has 0 aliphatic carbocycles. The fraction of sp³-hybridized carbons (Fsp3) is 0.300. The van der Waals surface area contributed by atoms with E-state index in [1.807, 2.05) is 6.92 Å². The molecule has 0 fully saturated rings. The largest absolute Gasteiger partial charge is 0.310 e. The minimum absolute atomic E-state index is 0.588. The molecule has 1 aromatic rings. The predicted molar refractivity (Wildman–Crippen MR) is 53.2 cm³/mol. The molecule has 0 radical (unpaired) electrons. The molecule has 1 rings (SSSR count). The minimum atomic E-state index is -0.884. The van der Waals surface area contributed by atoms with Gasteiger partial charge in [0.1, 0.15) is 5.54 Å². The SMILES string of the molecule is CCC(N)(C#N)c1ccc(Cl)cc1. The van der Waals surface area contributed by atoms with Crippen LogP contribution in [0.25, 0.3) is 0 Å². The van der Waals surface area contributed by atoms with Crippen molar-refractivity contribution in [3.8, 4) is 6.07 Å². The third-order valence-electron chi connectivity index (χ3n) is 2.12. The number of nitrogens with zero attached hydrogens (tertiary/aromatic N) is 1. The molecule has 0 saturated heterocycles. The molecule has 0 amide bonds. The second-order valence-electron chi connectivity index (χ2n) is 2.94. The van der Waals surface area contributed by atoms with E-state index in [1.54, 1.807) is 24.3 Å². The summed E-state index contributed by atoms with van der Waals surface area (Å²) in [5.74, 6) is 0. The Morgan fingerprint density at radius 2 is 2.00 bits per heavy atom. The van der Waals surface area contributed by atoms with Gasteiger partial charge in [-0.05, 0) is 24.1 Å². The lowest BCUT2D eigenvalue weighted by Crippen LogP contribution is -2.33. The summed E-state index contributed by atoms with van der Waals surface area (Å²) in [7, 11) is 0. The number of benzene rings is 1. The summed E-state index contributed by atoms with van der Waals surface area (Å²) in [5, 5.41) is 9.55. The van der Waals surface area contributed by atoms with Crippen molar-refractivity contribution in [2.75, 3.05) is 0 Å². The van der Waals surface area contributed by atoms with Crippen molar-refractivity contribution in [3.05, 3.63) is 34.9 Å². The first kappa shape index (κ1) is 10.0. The van der Waals surface area contributed by atoms with Gasteiger partial charge >= 0.3 is 0 Å². The quantitative estimate of drug-likeness (QED) is 0.786. The number of halogens is 1. The minimum Gasteiger partial charge on any atom is -0.310 e. The Hall–Kier alpha value is -1.04. The second kappa shape index (κ2) is 3.78. The van der Waals surface area contributed by atoms with Gasteiger partial charge in [-0.15, -0.1) is 0 Å². The Morgan fingerprint density at radius 1 is 1.46 bits per heavy atom. The molecular weight excluding hydrogens is 184 g/mol. The summed E-state index contributed by atoms with van der Waals surface area (Å²) in [5.41, 5.74) is 5.79. The lowest BCUT2D eigenvalue weighted by Gasteiger charge is -2.19. The first-order valence-electron chi connectivity index (χ1n) is 4.08. The van der Waals surface area contributed by atoms with Crippen molar-refractivity contribution in [2.45, 2.75) is 18.9 Å². The molecule has 68 valence electrons. The van der Waals surface area contributed by atoms with E-state index >= 15 is 0 Å². The maximum Gasteiger partial charge on any atom is 0.129 e. The smallest absolute Gasteiger partial charge is 0.129 e. The molecule has 2 N–H and O–H groups in total. The van der Waals surface area contributed by atoms with Crippen LogP contribution in [0.3, 0.4) is 0 Å². The van der Waals surface area contributed by atoms with Crippen molar-refractivity contribution in [3.63, 3.8) is 0 Å². The maximum absolute atomic E-state index is 8.90. The molecule has 0 bridgehead atoms. The Kier molecular flexibility index (Phi) is 2.92. The number of rotatable bonds is 2. The fourth-order valence-corrected chi connectivity index (χ4v) is 1.22. The van der Waals surface area contributed by atoms with Crippen LogP contribution in [-0.4, -0.2) is 0 Å². The lowest BCUT2D eigenvalue weighted by atomic mass is 9.90. The summed E-state index contributed by atoms with van der Waals surface area (Å²) in [4.78, 5) is 0. The van der Waals surface area contributed by atoms with Crippen LogP contribution >= 0.6 is 11.6 Å². The molecule has 2 nitrogen and oxygen atoms in total. The van der Waals surface area contributed by atoms with Gasteiger partial charge in [0, 0.05) is 5.02 Å². The van der Waals surface area contributed by atoms with E-state index in [9.17, 15) is 0 Å². The van der Waals surface area contributed by atoms with E-state index in [1.165, 1.54) is 0 Å². The molecule has 0 spiro atoms. The molecule has 3 heteroatoms. The van der Waals surface area contributed by atoms with Crippen LogP contribution in [0.5, 0.6) is 0 Å². The highest BCUT2D eigenvalue weighted by molar-refractivity contribution is 6.30. The summed E-state index contributed by atoms with van der Waals surface area (Å²) in [6.07, 6.45) is 0.588. The van der Waals surface area contributed by atoms with Crippen LogP contribution in [0.15, 0.2) is 24.3 Å². The van der Waals surface area contributed by atoms with E-state index in [0.29, 0.717) is 11.4 Å². The number of nitriles is 1. The average Bonchev–Trinajstić information content (AvgIpc) is 2.18. The highest BCUT2D eigenvalue weighted by Crippen LogP contribution is 2.22. The molecule has 13 heavy (non-hydrogen) atoms. The van der Waals surface area contributed by atoms with E-state index in [-0.39, 0.29) is 0 Å². The van der Waals surface area contributed by atoms with E-state index in [0.717, 1.165) is 5.56 Å². The zero-order valence-corrected chi connectivity index (χ0v) is 8.17. The van der Waals surface area contributed by atoms with Gasteiger partial charge in [-0.2, -0.15) is 5.26 Å². The van der Waals surface area contributed by atoms with Crippen molar-refractivity contribution in [1.82, 2.24) is 0 Å². The summed E-state index contributed by atoms with van der Waals surface area (Å²) in [6, 6.07) is 9.16. The monoisotopic (exact) mass is 194 g/mol. The predicted octanol–water partition coefficient (Wildman–Crippen LogP) is 2.43. The van der Waals surface area contributed by atoms with Crippen LogP contribution in [0.4, 0.5) is 0 Å². The normalized spacial score (nSPS) is 14.6. The van der Waals surface area contributed by atoms with Gasteiger partial charge in [-0.3, -0.25) is 0 Å². The summed E-state index contributed by atoms with van der Waals surface area (Å²) in [6.45, 7) is 1.89. The molecule has 1 unspecified atom stereocenters. The first-order chi connectivity index (χ1) is 6.12. The van der Waals surface area contributed by atoms with Gasteiger partial charge in [0.15, 0.2) is 0 Å². The van der Waals surface area contributed by atoms with Gasteiger partial charge in [-0.25, -0.2) is 0 Å². The Morgan fingerprint density at radius 3 is 2.38 bits per heavy atom. The van der Waals surface area contributed by atoms with Gasteiger partial charge < -0.3 is 5.73 Å². The van der Waals surface area contributed by atoms with Gasteiger partial charge in [0.2, 0.25) is 0 Å². The highest BCUT2D eigenvalue weighted by Gasteiger charge is 2.24. The molecule has 0 saturated carbocycles. The molecule has 0 aliphatic rings. The van der Waals surface area contributed by atoms with E-state index in [4.69, 9.17) is 22.6 Å². The van der Waals surface area contributed by atoms with Crippen LogP contribution in [0, 0.1) is 11.3 Å². The van der Waals surface area contributed by atoms with Gasteiger partial charge in [0.05, 0.1) is 6.07 Å². The van der Waals surface area contributed by atoms with E-state index in [2.05, 4.69) is 6.07 Å².